The predicted molar refractivity (Wildman–Crippen MR) is 76.0 cm³/mol. The number of rotatable bonds is 5. The number of amides is 1. The fourth-order valence-corrected chi connectivity index (χ4v) is 2.74. The molecule has 1 heterocycles. The summed E-state index contributed by atoms with van der Waals surface area (Å²) in [5.74, 6) is 1.18. The molecule has 1 aliphatic rings. The van der Waals surface area contributed by atoms with Crippen LogP contribution in [0.1, 0.15) is 62.1 Å². The number of carbonyl (C=O) groups excluding carboxylic acids is 1. The molecule has 2 N–H and O–H groups in total. The van der Waals surface area contributed by atoms with E-state index >= 15 is 0 Å². The number of H-pyrrole nitrogens is 1. The summed E-state index contributed by atoms with van der Waals surface area (Å²) in [4.78, 5) is 12.0. The minimum atomic E-state index is -0.0446. The Morgan fingerprint density at radius 3 is 2.84 bits per heavy atom. The highest BCUT2D eigenvalue weighted by Gasteiger charge is 2.16. The molecule has 1 aliphatic carbocycles. The number of nitrogens with one attached hydrogen (secondary N) is 2. The lowest BCUT2D eigenvalue weighted by atomic mass is 9.89. The highest BCUT2D eigenvalue weighted by atomic mass is 16.1. The Morgan fingerprint density at radius 2 is 2.16 bits per heavy atom. The molecule has 0 radical (unpaired) electrons. The van der Waals surface area contributed by atoms with Gasteiger partial charge in [0, 0.05) is 12.2 Å². The van der Waals surface area contributed by atoms with Crippen molar-refractivity contribution in [2.45, 2.75) is 52.4 Å². The van der Waals surface area contributed by atoms with E-state index in [1.165, 1.54) is 32.1 Å². The second-order valence-electron chi connectivity index (χ2n) is 6.09. The first kappa shape index (κ1) is 14.1. The van der Waals surface area contributed by atoms with Crippen LogP contribution in [0.2, 0.25) is 0 Å². The van der Waals surface area contributed by atoms with E-state index < -0.39 is 0 Å². The van der Waals surface area contributed by atoms with Crippen molar-refractivity contribution in [3.8, 4) is 0 Å². The zero-order valence-electron chi connectivity index (χ0n) is 12.0. The molecule has 0 spiro atoms. The zero-order valence-corrected chi connectivity index (χ0v) is 12.0. The van der Waals surface area contributed by atoms with Crippen molar-refractivity contribution in [3.05, 3.63) is 17.5 Å². The van der Waals surface area contributed by atoms with Gasteiger partial charge in [-0.3, -0.25) is 9.89 Å². The standard InChI is InChI=1S/C15H25N3O/c1-11(2)8-13-9-14(18-17-13)15(19)16-10-12-6-4-3-5-7-12/h9,11-12H,3-8,10H2,1-2H3,(H,16,19)(H,17,18). The largest absolute Gasteiger partial charge is 0.350 e. The highest BCUT2D eigenvalue weighted by molar-refractivity contribution is 5.92. The summed E-state index contributed by atoms with van der Waals surface area (Å²) in [5.41, 5.74) is 1.56. The van der Waals surface area contributed by atoms with Crippen LogP contribution in [-0.4, -0.2) is 22.6 Å². The molecule has 0 unspecified atom stereocenters. The lowest BCUT2D eigenvalue weighted by Gasteiger charge is -2.21. The van der Waals surface area contributed by atoms with E-state index in [0.717, 1.165) is 18.7 Å². The molecule has 19 heavy (non-hydrogen) atoms. The maximum absolute atomic E-state index is 12.0. The van der Waals surface area contributed by atoms with E-state index in [9.17, 15) is 4.79 Å². The molecule has 1 fully saturated rings. The first-order valence-corrected chi connectivity index (χ1v) is 7.47. The predicted octanol–water partition coefficient (Wildman–Crippen LogP) is 2.92. The fraction of sp³-hybridized carbons (Fsp3) is 0.733. The van der Waals surface area contributed by atoms with Crippen molar-refractivity contribution in [1.29, 1.82) is 0 Å². The first-order valence-electron chi connectivity index (χ1n) is 7.47. The van der Waals surface area contributed by atoms with Crippen LogP contribution in [0.4, 0.5) is 0 Å². The Morgan fingerprint density at radius 1 is 1.42 bits per heavy atom. The Labute approximate surface area is 115 Å². The monoisotopic (exact) mass is 263 g/mol. The molecule has 1 aromatic heterocycles. The molecule has 4 nitrogen and oxygen atoms in total. The van der Waals surface area contributed by atoms with Gasteiger partial charge in [-0.2, -0.15) is 5.10 Å². The quantitative estimate of drug-likeness (QED) is 0.858. The fourth-order valence-electron chi connectivity index (χ4n) is 2.74. The maximum Gasteiger partial charge on any atom is 0.271 e. The SMILES string of the molecule is CC(C)Cc1cc(C(=O)NCC2CCCCC2)n[nH]1. The van der Waals surface area contributed by atoms with Crippen LogP contribution in [0.5, 0.6) is 0 Å². The summed E-state index contributed by atoms with van der Waals surface area (Å²) >= 11 is 0. The normalized spacial score (nSPS) is 16.8. The molecular formula is C15H25N3O. The summed E-state index contributed by atoms with van der Waals surface area (Å²) in [6.45, 7) is 5.11. The summed E-state index contributed by atoms with van der Waals surface area (Å²) < 4.78 is 0. The Hall–Kier alpha value is -1.32. The van der Waals surface area contributed by atoms with Gasteiger partial charge in [-0.1, -0.05) is 33.1 Å². The third-order valence-corrected chi connectivity index (χ3v) is 3.77. The number of hydrogen-bond donors (Lipinski definition) is 2. The molecule has 1 aromatic rings. The van der Waals surface area contributed by atoms with Gasteiger partial charge in [-0.05, 0) is 37.2 Å². The minimum absolute atomic E-state index is 0.0446. The van der Waals surface area contributed by atoms with Crippen molar-refractivity contribution < 1.29 is 4.79 Å². The van der Waals surface area contributed by atoms with Crippen LogP contribution in [-0.2, 0) is 6.42 Å². The van der Waals surface area contributed by atoms with Crippen molar-refractivity contribution in [1.82, 2.24) is 15.5 Å². The van der Waals surface area contributed by atoms with Gasteiger partial charge in [-0.25, -0.2) is 0 Å². The molecule has 0 aliphatic heterocycles. The highest BCUT2D eigenvalue weighted by Crippen LogP contribution is 2.22. The maximum atomic E-state index is 12.0. The van der Waals surface area contributed by atoms with E-state index in [-0.39, 0.29) is 5.91 Å². The second kappa shape index (κ2) is 6.73. The topological polar surface area (TPSA) is 57.8 Å². The number of aromatic amines is 1. The van der Waals surface area contributed by atoms with Gasteiger partial charge >= 0.3 is 0 Å². The lowest BCUT2D eigenvalue weighted by molar-refractivity contribution is 0.0938. The average molecular weight is 263 g/mol. The molecule has 106 valence electrons. The van der Waals surface area contributed by atoms with Crippen molar-refractivity contribution in [2.24, 2.45) is 11.8 Å². The summed E-state index contributed by atoms with van der Waals surface area (Å²) in [6, 6.07) is 1.87. The summed E-state index contributed by atoms with van der Waals surface area (Å²) in [6.07, 6.45) is 7.40. The van der Waals surface area contributed by atoms with E-state index in [0.29, 0.717) is 17.5 Å². The van der Waals surface area contributed by atoms with Crippen LogP contribution < -0.4 is 5.32 Å². The van der Waals surface area contributed by atoms with Gasteiger partial charge in [0.2, 0.25) is 0 Å². The first-order chi connectivity index (χ1) is 9.15. The molecule has 2 rings (SSSR count). The summed E-state index contributed by atoms with van der Waals surface area (Å²) in [7, 11) is 0. The van der Waals surface area contributed by atoms with Gasteiger partial charge in [0.05, 0.1) is 0 Å². The molecule has 4 heteroatoms. The van der Waals surface area contributed by atoms with Crippen molar-refractivity contribution in [2.75, 3.05) is 6.54 Å². The number of aromatic nitrogens is 2. The molecule has 1 saturated carbocycles. The second-order valence-corrected chi connectivity index (χ2v) is 6.09. The summed E-state index contributed by atoms with van der Waals surface area (Å²) in [5, 5.41) is 10.1. The van der Waals surface area contributed by atoms with Gasteiger partial charge in [0.15, 0.2) is 0 Å². The lowest BCUT2D eigenvalue weighted by Crippen LogP contribution is -2.30. The third-order valence-electron chi connectivity index (χ3n) is 3.77. The number of hydrogen-bond acceptors (Lipinski definition) is 2. The van der Waals surface area contributed by atoms with E-state index in [1.54, 1.807) is 0 Å². The van der Waals surface area contributed by atoms with E-state index in [1.807, 2.05) is 6.07 Å². The molecule has 0 atom stereocenters. The van der Waals surface area contributed by atoms with Crippen LogP contribution in [0.3, 0.4) is 0 Å². The minimum Gasteiger partial charge on any atom is -0.350 e. The molecular weight excluding hydrogens is 238 g/mol. The van der Waals surface area contributed by atoms with Crippen LogP contribution in [0, 0.1) is 11.8 Å². The molecule has 0 aromatic carbocycles. The molecule has 0 saturated heterocycles. The van der Waals surface area contributed by atoms with E-state index in [2.05, 4.69) is 29.4 Å². The van der Waals surface area contributed by atoms with E-state index in [4.69, 9.17) is 0 Å². The third kappa shape index (κ3) is 4.37. The van der Waals surface area contributed by atoms with Gasteiger partial charge in [-0.15, -0.1) is 0 Å². The van der Waals surface area contributed by atoms with Crippen LogP contribution in [0.15, 0.2) is 6.07 Å². The van der Waals surface area contributed by atoms with Crippen LogP contribution in [0.25, 0.3) is 0 Å². The molecule has 0 bridgehead atoms. The number of nitrogens with zero attached hydrogens (tertiary/aromatic N) is 1. The Kier molecular flexibility index (Phi) is 5.00. The smallest absolute Gasteiger partial charge is 0.271 e. The van der Waals surface area contributed by atoms with Crippen LogP contribution >= 0.6 is 0 Å². The Bertz CT molecular complexity index is 405. The number of carbonyl (C=O) groups is 1. The van der Waals surface area contributed by atoms with Crippen molar-refractivity contribution >= 4 is 5.91 Å². The van der Waals surface area contributed by atoms with Gasteiger partial charge in [0.25, 0.3) is 5.91 Å². The Balaban J connectivity index is 1.80. The van der Waals surface area contributed by atoms with Gasteiger partial charge < -0.3 is 5.32 Å². The molecule has 1 amide bonds. The zero-order chi connectivity index (χ0) is 13.7. The average Bonchev–Trinajstić information content (AvgIpc) is 2.85. The van der Waals surface area contributed by atoms with Crippen molar-refractivity contribution in [3.63, 3.8) is 0 Å². The van der Waals surface area contributed by atoms with Gasteiger partial charge in [0.1, 0.15) is 5.69 Å².